The number of halogens is 1. The summed E-state index contributed by atoms with van der Waals surface area (Å²) in [5, 5.41) is 0. The summed E-state index contributed by atoms with van der Waals surface area (Å²) in [6.45, 7) is 4.05. The van der Waals surface area contributed by atoms with Gasteiger partial charge in [0.05, 0.1) is 6.54 Å². The average molecular weight is 367 g/mol. The fraction of sp³-hybridized carbons (Fsp3) is 0.500. The van der Waals surface area contributed by atoms with Crippen LogP contribution in [0.2, 0.25) is 0 Å². The van der Waals surface area contributed by atoms with E-state index >= 15 is 0 Å². The zero-order valence-corrected chi connectivity index (χ0v) is 14.1. The van der Waals surface area contributed by atoms with Gasteiger partial charge < -0.3 is 9.64 Å². The molecule has 3 rings (SSSR count). The van der Waals surface area contributed by atoms with E-state index in [4.69, 9.17) is 4.74 Å². The quantitative estimate of drug-likeness (QED) is 0.808. The molecule has 2 amide bonds. The Kier molecular flexibility index (Phi) is 4.12. The summed E-state index contributed by atoms with van der Waals surface area (Å²) in [5.41, 5.74) is 0.652. The second kappa shape index (κ2) is 5.91. The molecule has 1 aromatic carbocycles. The van der Waals surface area contributed by atoms with Crippen molar-refractivity contribution in [2.45, 2.75) is 31.9 Å². The summed E-state index contributed by atoms with van der Waals surface area (Å²) in [5.74, 6) is 0.0881. The summed E-state index contributed by atoms with van der Waals surface area (Å²) >= 11 is 3.44. The molecule has 0 atom stereocenters. The van der Waals surface area contributed by atoms with Gasteiger partial charge >= 0.3 is 6.09 Å². The molecule has 0 radical (unpaired) electrons. The normalized spacial score (nSPS) is 20.4. The molecular weight excluding hydrogens is 348 g/mol. The lowest BCUT2D eigenvalue weighted by molar-refractivity contribution is -0.132. The van der Waals surface area contributed by atoms with E-state index in [1.54, 1.807) is 11.8 Å². The first-order chi connectivity index (χ1) is 10.5. The van der Waals surface area contributed by atoms with E-state index in [0.717, 1.165) is 10.0 Å². The number of amides is 2. The number of benzene rings is 1. The maximum Gasteiger partial charge on any atom is 0.410 e. The Hall–Kier alpha value is -1.56. The van der Waals surface area contributed by atoms with Crippen LogP contribution in [0.1, 0.15) is 25.3 Å². The van der Waals surface area contributed by atoms with Gasteiger partial charge in [-0.3, -0.25) is 9.69 Å². The summed E-state index contributed by atoms with van der Waals surface area (Å²) in [6.07, 6.45) is 1.18. The molecule has 2 saturated heterocycles. The minimum Gasteiger partial charge on any atom is -0.441 e. The molecular formula is C16H19BrN2O3. The first kappa shape index (κ1) is 15.3. The predicted molar refractivity (Wildman–Crippen MR) is 85.3 cm³/mol. The van der Waals surface area contributed by atoms with E-state index in [9.17, 15) is 9.59 Å². The van der Waals surface area contributed by atoms with E-state index < -0.39 is 5.60 Å². The molecule has 0 bridgehead atoms. The molecule has 0 aliphatic carbocycles. The zero-order chi connectivity index (χ0) is 15.7. The first-order valence-electron chi connectivity index (χ1n) is 7.45. The molecule has 0 aromatic heterocycles. The van der Waals surface area contributed by atoms with Crippen molar-refractivity contribution in [2.75, 3.05) is 19.6 Å². The second-order valence-electron chi connectivity index (χ2n) is 6.04. The predicted octanol–water partition coefficient (Wildman–Crippen LogP) is 2.78. The van der Waals surface area contributed by atoms with E-state index in [-0.39, 0.29) is 12.0 Å². The SMILES string of the molecule is CC(=O)N1CCC2(CC1)CN(Cc1cccc(Br)c1)C(=O)O2. The third-order valence-corrected chi connectivity index (χ3v) is 4.92. The molecule has 2 fully saturated rings. The Morgan fingerprint density at radius 3 is 2.73 bits per heavy atom. The molecule has 5 nitrogen and oxygen atoms in total. The lowest BCUT2D eigenvalue weighted by Gasteiger charge is -2.36. The summed E-state index contributed by atoms with van der Waals surface area (Å²) < 4.78 is 6.67. The number of piperidine rings is 1. The van der Waals surface area contributed by atoms with Crippen LogP contribution in [-0.2, 0) is 16.1 Å². The Labute approximate surface area is 138 Å². The zero-order valence-electron chi connectivity index (χ0n) is 12.5. The van der Waals surface area contributed by atoms with E-state index in [1.165, 1.54) is 0 Å². The van der Waals surface area contributed by atoms with Crippen molar-refractivity contribution in [3.8, 4) is 0 Å². The van der Waals surface area contributed by atoms with Crippen molar-refractivity contribution in [2.24, 2.45) is 0 Å². The number of carbonyl (C=O) groups is 2. The van der Waals surface area contributed by atoms with Gasteiger partial charge in [-0.25, -0.2) is 4.79 Å². The van der Waals surface area contributed by atoms with Crippen molar-refractivity contribution in [3.05, 3.63) is 34.3 Å². The number of carbonyl (C=O) groups excluding carboxylic acids is 2. The number of likely N-dealkylation sites (tertiary alicyclic amines) is 1. The van der Waals surface area contributed by atoms with Crippen molar-refractivity contribution in [1.29, 1.82) is 0 Å². The number of hydrogen-bond acceptors (Lipinski definition) is 3. The monoisotopic (exact) mass is 366 g/mol. The van der Waals surface area contributed by atoms with Crippen LogP contribution in [-0.4, -0.2) is 47.0 Å². The molecule has 118 valence electrons. The summed E-state index contributed by atoms with van der Waals surface area (Å²) in [7, 11) is 0. The maximum absolute atomic E-state index is 12.2. The highest BCUT2D eigenvalue weighted by atomic mass is 79.9. The van der Waals surface area contributed by atoms with Gasteiger partial charge in [0.1, 0.15) is 5.60 Å². The molecule has 6 heteroatoms. The fourth-order valence-electron chi connectivity index (χ4n) is 3.16. The van der Waals surface area contributed by atoms with Gasteiger partial charge in [-0.15, -0.1) is 0 Å². The Balaban J connectivity index is 1.65. The highest BCUT2D eigenvalue weighted by molar-refractivity contribution is 9.10. The van der Waals surface area contributed by atoms with E-state index in [1.807, 2.05) is 29.2 Å². The number of nitrogens with zero attached hydrogens (tertiary/aromatic N) is 2. The van der Waals surface area contributed by atoms with Gasteiger partial charge in [0.15, 0.2) is 0 Å². The molecule has 2 aliphatic heterocycles. The van der Waals surface area contributed by atoms with Gasteiger partial charge in [0.2, 0.25) is 5.91 Å². The highest BCUT2D eigenvalue weighted by Crippen LogP contribution is 2.34. The minimum absolute atomic E-state index is 0.0881. The van der Waals surface area contributed by atoms with Crippen LogP contribution in [0.5, 0.6) is 0 Å². The van der Waals surface area contributed by atoms with Crippen LogP contribution in [0.3, 0.4) is 0 Å². The van der Waals surface area contributed by atoms with Crippen molar-refractivity contribution < 1.29 is 14.3 Å². The van der Waals surface area contributed by atoms with Crippen LogP contribution in [0.15, 0.2) is 28.7 Å². The van der Waals surface area contributed by atoms with Gasteiger partial charge in [-0.1, -0.05) is 28.1 Å². The number of ether oxygens (including phenoxy) is 1. The lowest BCUT2D eigenvalue weighted by atomic mass is 9.91. The standard InChI is InChI=1S/C16H19BrN2O3/c1-12(20)18-7-5-16(6-8-18)11-19(15(21)22-16)10-13-3-2-4-14(17)9-13/h2-4,9H,5-8,10-11H2,1H3. The topological polar surface area (TPSA) is 49.9 Å². The molecule has 1 aromatic rings. The molecule has 1 spiro atoms. The number of hydrogen-bond donors (Lipinski definition) is 0. The minimum atomic E-state index is -0.422. The highest BCUT2D eigenvalue weighted by Gasteiger charge is 2.47. The van der Waals surface area contributed by atoms with E-state index in [0.29, 0.717) is 39.0 Å². The molecule has 0 N–H and O–H groups in total. The lowest BCUT2D eigenvalue weighted by Crippen LogP contribution is -2.48. The van der Waals surface area contributed by atoms with Crippen LogP contribution in [0, 0.1) is 0 Å². The molecule has 22 heavy (non-hydrogen) atoms. The van der Waals surface area contributed by atoms with Crippen LogP contribution >= 0.6 is 15.9 Å². The van der Waals surface area contributed by atoms with Gasteiger partial charge in [0.25, 0.3) is 0 Å². The van der Waals surface area contributed by atoms with Crippen LogP contribution in [0.4, 0.5) is 4.79 Å². The summed E-state index contributed by atoms with van der Waals surface area (Å²) in [6, 6.07) is 7.94. The first-order valence-corrected chi connectivity index (χ1v) is 8.25. The molecule has 2 aliphatic rings. The van der Waals surface area contributed by atoms with Crippen molar-refractivity contribution >= 4 is 27.9 Å². The third kappa shape index (κ3) is 3.11. The number of rotatable bonds is 2. The molecule has 2 heterocycles. The van der Waals surface area contributed by atoms with Crippen molar-refractivity contribution in [3.63, 3.8) is 0 Å². The van der Waals surface area contributed by atoms with Crippen LogP contribution < -0.4 is 0 Å². The van der Waals surface area contributed by atoms with Gasteiger partial charge in [0, 0.05) is 43.9 Å². The van der Waals surface area contributed by atoms with Crippen LogP contribution in [0.25, 0.3) is 0 Å². The van der Waals surface area contributed by atoms with E-state index in [2.05, 4.69) is 15.9 Å². The third-order valence-electron chi connectivity index (χ3n) is 4.42. The fourth-order valence-corrected chi connectivity index (χ4v) is 3.61. The largest absolute Gasteiger partial charge is 0.441 e. The Morgan fingerprint density at radius 2 is 2.09 bits per heavy atom. The summed E-state index contributed by atoms with van der Waals surface area (Å²) in [4.78, 5) is 27.1. The smallest absolute Gasteiger partial charge is 0.410 e. The Morgan fingerprint density at radius 1 is 1.36 bits per heavy atom. The maximum atomic E-state index is 12.2. The van der Waals surface area contributed by atoms with Crippen molar-refractivity contribution in [1.82, 2.24) is 9.80 Å². The molecule has 0 saturated carbocycles. The Bertz CT molecular complexity index is 597. The second-order valence-corrected chi connectivity index (χ2v) is 6.96. The van der Waals surface area contributed by atoms with Gasteiger partial charge in [-0.05, 0) is 17.7 Å². The average Bonchev–Trinajstić information content (AvgIpc) is 2.75. The van der Waals surface area contributed by atoms with Gasteiger partial charge in [-0.2, -0.15) is 0 Å². The molecule has 0 unspecified atom stereocenters.